The first-order valence-corrected chi connectivity index (χ1v) is 7.73. The van der Waals surface area contributed by atoms with E-state index in [0.717, 1.165) is 10.2 Å². The van der Waals surface area contributed by atoms with Crippen LogP contribution in [0.2, 0.25) is 0 Å². The normalized spacial score (nSPS) is 10.8. The molecule has 0 radical (unpaired) electrons. The molecular formula is C15H23BrO5. The molecule has 1 aromatic rings. The molecule has 0 spiro atoms. The minimum Gasteiger partial charge on any atom is -0.491 e. The Labute approximate surface area is 134 Å². The van der Waals surface area contributed by atoms with Gasteiger partial charge in [0.1, 0.15) is 12.4 Å². The molecule has 0 unspecified atom stereocenters. The van der Waals surface area contributed by atoms with E-state index in [1.165, 1.54) is 0 Å². The van der Waals surface area contributed by atoms with E-state index in [9.17, 15) is 0 Å². The molecule has 0 heterocycles. The molecule has 5 nitrogen and oxygen atoms in total. The minimum atomic E-state index is 0.524. The van der Waals surface area contributed by atoms with Gasteiger partial charge in [-0.25, -0.2) is 0 Å². The zero-order valence-electron chi connectivity index (χ0n) is 12.4. The molecule has 1 rings (SSSR count). The third kappa shape index (κ3) is 10.7. The fraction of sp³-hybridized carbons (Fsp3) is 0.600. The molecule has 0 fully saturated rings. The minimum absolute atomic E-state index is 0.524. The van der Waals surface area contributed by atoms with Crippen LogP contribution in [0, 0.1) is 0 Å². The molecule has 0 bridgehead atoms. The average molecular weight is 363 g/mol. The standard InChI is InChI=1S/C15H23BrO5/c1-17-5-6-18-7-8-19-9-10-20-11-12-21-15-4-2-3-14(16)13-15/h2-4,13H,5-12H2,1H3. The maximum Gasteiger partial charge on any atom is 0.120 e. The Kier molecular flexibility index (Phi) is 11.4. The van der Waals surface area contributed by atoms with Gasteiger partial charge in [-0.1, -0.05) is 22.0 Å². The summed E-state index contributed by atoms with van der Waals surface area (Å²) in [5, 5.41) is 0. The van der Waals surface area contributed by atoms with Crippen LogP contribution in [0.15, 0.2) is 28.7 Å². The van der Waals surface area contributed by atoms with Gasteiger partial charge >= 0.3 is 0 Å². The number of hydrogen-bond acceptors (Lipinski definition) is 5. The highest BCUT2D eigenvalue weighted by atomic mass is 79.9. The van der Waals surface area contributed by atoms with Gasteiger partial charge in [0.25, 0.3) is 0 Å². The maximum atomic E-state index is 5.54. The third-order valence-corrected chi connectivity index (χ3v) is 2.96. The lowest BCUT2D eigenvalue weighted by atomic mass is 10.3. The Morgan fingerprint density at radius 2 is 1.38 bits per heavy atom. The molecule has 0 aliphatic heterocycles. The largest absolute Gasteiger partial charge is 0.491 e. The van der Waals surface area contributed by atoms with Crippen LogP contribution in [-0.4, -0.2) is 60.0 Å². The SMILES string of the molecule is COCCOCCOCCOCCOc1cccc(Br)c1. The van der Waals surface area contributed by atoms with Gasteiger partial charge in [0.05, 0.1) is 46.2 Å². The van der Waals surface area contributed by atoms with Crippen LogP contribution >= 0.6 is 15.9 Å². The van der Waals surface area contributed by atoms with Crippen molar-refractivity contribution in [1.29, 1.82) is 0 Å². The van der Waals surface area contributed by atoms with Gasteiger partial charge in [0.15, 0.2) is 0 Å². The van der Waals surface area contributed by atoms with Crippen molar-refractivity contribution in [2.24, 2.45) is 0 Å². The van der Waals surface area contributed by atoms with Crippen molar-refractivity contribution >= 4 is 15.9 Å². The Balaban J connectivity index is 1.82. The van der Waals surface area contributed by atoms with Crippen molar-refractivity contribution in [3.63, 3.8) is 0 Å². The molecule has 0 atom stereocenters. The van der Waals surface area contributed by atoms with Crippen LogP contribution in [0.3, 0.4) is 0 Å². The molecule has 0 aliphatic carbocycles. The molecule has 0 aliphatic rings. The van der Waals surface area contributed by atoms with Gasteiger partial charge in [-0.2, -0.15) is 0 Å². The van der Waals surface area contributed by atoms with Crippen molar-refractivity contribution < 1.29 is 23.7 Å². The van der Waals surface area contributed by atoms with Gasteiger partial charge in [0, 0.05) is 11.6 Å². The summed E-state index contributed by atoms with van der Waals surface area (Å²) in [4.78, 5) is 0. The van der Waals surface area contributed by atoms with E-state index in [1.54, 1.807) is 7.11 Å². The second-order valence-electron chi connectivity index (χ2n) is 4.14. The molecule has 120 valence electrons. The van der Waals surface area contributed by atoms with Crippen molar-refractivity contribution in [2.75, 3.05) is 60.0 Å². The summed E-state index contributed by atoms with van der Waals surface area (Å²) in [5.41, 5.74) is 0. The van der Waals surface area contributed by atoms with E-state index >= 15 is 0 Å². The summed E-state index contributed by atoms with van der Waals surface area (Å²) in [6.45, 7) is 4.54. The number of rotatable bonds is 13. The van der Waals surface area contributed by atoms with Crippen molar-refractivity contribution in [2.45, 2.75) is 0 Å². The van der Waals surface area contributed by atoms with Crippen LogP contribution < -0.4 is 4.74 Å². The average Bonchev–Trinajstić information content (AvgIpc) is 2.48. The van der Waals surface area contributed by atoms with E-state index in [-0.39, 0.29) is 0 Å². The van der Waals surface area contributed by atoms with Gasteiger partial charge in [-0.05, 0) is 18.2 Å². The molecule has 0 saturated carbocycles. The third-order valence-electron chi connectivity index (χ3n) is 2.47. The summed E-state index contributed by atoms with van der Waals surface area (Å²) < 4.78 is 27.4. The molecule has 0 N–H and O–H groups in total. The van der Waals surface area contributed by atoms with Gasteiger partial charge in [0.2, 0.25) is 0 Å². The fourth-order valence-corrected chi connectivity index (χ4v) is 1.84. The Bertz CT molecular complexity index is 362. The molecule has 21 heavy (non-hydrogen) atoms. The number of ether oxygens (including phenoxy) is 5. The molecule has 0 saturated heterocycles. The monoisotopic (exact) mass is 362 g/mol. The van der Waals surface area contributed by atoms with Crippen molar-refractivity contribution in [3.05, 3.63) is 28.7 Å². The summed E-state index contributed by atoms with van der Waals surface area (Å²) in [6, 6.07) is 7.73. The first kappa shape index (κ1) is 18.4. The van der Waals surface area contributed by atoms with E-state index < -0.39 is 0 Å². The summed E-state index contributed by atoms with van der Waals surface area (Å²) in [7, 11) is 1.65. The zero-order valence-corrected chi connectivity index (χ0v) is 14.0. The Morgan fingerprint density at radius 3 is 1.95 bits per heavy atom. The lowest BCUT2D eigenvalue weighted by Gasteiger charge is -2.08. The predicted octanol–water partition coefficient (Wildman–Crippen LogP) is 2.52. The maximum absolute atomic E-state index is 5.54. The molecular weight excluding hydrogens is 340 g/mol. The first-order chi connectivity index (χ1) is 10.3. The molecule has 6 heteroatoms. The van der Waals surface area contributed by atoms with Crippen molar-refractivity contribution in [3.8, 4) is 5.75 Å². The number of halogens is 1. The fourth-order valence-electron chi connectivity index (χ4n) is 1.46. The smallest absolute Gasteiger partial charge is 0.120 e. The van der Waals surface area contributed by atoms with E-state index in [2.05, 4.69) is 15.9 Å². The first-order valence-electron chi connectivity index (χ1n) is 6.93. The molecule has 0 aromatic heterocycles. The van der Waals surface area contributed by atoms with Crippen LogP contribution in [0.5, 0.6) is 5.75 Å². The highest BCUT2D eigenvalue weighted by Gasteiger charge is 1.95. The highest BCUT2D eigenvalue weighted by Crippen LogP contribution is 2.17. The predicted molar refractivity (Wildman–Crippen MR) is 84.0 cm³/mol. The lowest BCUT2D eigenvalue weighted by molar-refractivity contribution is 0.000162. The lowest BCUT2D eigenvalue weighted by Crippen LogP contribution is -2.13. The molecule has 1 aromatic carbocycles. The van der Waals surface area contributed by atoms with E-state index in [0.29, 0.717) is 52.9 Å². The summed E-state index contributed by atoms with van der Waals surface area (Å²) in [5.74, 6) is 0.831. The molecule has 0 amide bonds. The Morgan fingerprint density at radius 1 is 0.810 bits per heavy atom. The Hall–Kier alpha value is -0.660. The summed E-state index contributed by atoms with van der Waals surface area (Å²) >= 11 is 3.39. The number of methoxy groups -OCH3 is 1. The van der Waals surface area contributed by atoms with Gasteiger partial charge in [-0.3, -0.25) is 0 Å². The highest BCUT2D eigenvalue weighted by molar-refractivity contribution is 9.10. The number of benzene rings is 1. The van der Waals surface area contributed by atoms with Crippen LogP contribution in [0.1, 0.15) is 0 Å². The quantitative estimate of drug-likeness (QED) is 0.504. The van der Waals surface area contributed by atoms with Gasteiger partial charge < -0.3 is 23.7 Å². The second kappa shape index (κ2) is 13.0. The zero-order chi connectivity index (χ0) is 15.2. The summed E-state index contributed by atoms with van der Waals surface area (Å²) in [6.07, 6.45) is 0. The van der Waals surface area contributed by atoms with E-state index in [1.807, 2.05) is 24.3 Å². The van der Waals surface area contributed by atoms with E-state index in [4.69, 9.17) is 23.7 Å². The van der Waals surface area contributed by atoms with Crippen LogP contribution in [-0.2, 0) is 18.9 Å². The van der Waals surface area contributed by atoms with Crippen LogP contribution in [0.25, 0.3) is 0 Å². The second-order valence-corrected chi connectivity index (χ2v) is 5.05. The van der Waals surface area contributed by atoms with Crippen LogP contribution in [0.4, 0.5) is 0 Å². The van der Waals surface area contributed by atoms with Gasteiger partial charge in [-0.15, -0.1) is 0 Å². The number of hydrogen-bond donors (Lipinski definition) is 0. The van der Waals surface area contributed by atoms with Crippen molar-refractivity contribution in [1.82, 2.24) is 0 Å². The topological polar surface area (TPSA) is 46.2 Å².